The van der Waals surface area contributed by atoms with Crippen LogP contribution in [-0.4, -0.2) is 38.9 Å². The number of hydrogen-bond donors (Lipinski definition) is 2. The average molecular weight is 322 g/mol. The number of rotatable bonds is 6. The van der Waals surface area contributed by atoms with Gasteiger partial charge in [0.15, 0.2) is 0 Å². The van der Waals surface area contributed by atoms with Gasteiger partial charge in [-0.1, -0.05) is 0 Å². The molecule has 2 N–H and O–H groups in total. The van der Waals surface area contributed by atoms with Gasteiger partial charge < -0.3 is 20.1 Å². The van der Waals surface area contributed by atoms with Crippen LogP contribution in [0.25, 0.3) is 10.1 Å². The van der Waals surface area contributed by atoms with Gasteiger partial charge in [0.2, 0.25) is 0 Å². The van der Waals surface area contributed by atoms with Gasteiger partial charge in [0, 0.05) is 24.0 Å². The van der Waals surface area contributed by atoms with Crippen LogP contribution in [0.1, 0.15) is 16.6 Å². The fourth-order valence-corrected chi connectivity index (χ4v) is 2.80. The highest BCUT2D eigenvalue weighted by atomic mass is 32.1. The molecule has 0 aliphatic rings. The minimum absolute atomic E-state index is 0.294. The van der Waals surface area contributed by atoms with E-state index in [1.807, 2.05) is 12.1 Å². The van der Waals surface area contributed by atoms with Crippen LogP contribution < -0.4 is 10.6 Å². The first-order valence-corrected chi connectivity index (χ1v) is 7.70. The van der Waals surface area contributed by atoms with Crippen molar-refractivity contribution in [1.82, 2.24) is 5.32 Å². The summed E-state index contributed by atoms with van der Waals surface area (Å²) in [5.41, 5.74) is 0.663. The molecule has 118 valence electrons. The Balaban J connectivity index is 2.06. The van der Waals surface area contributed by atoms with Crippen molar-refractivity contribution in [3.63, 3.8) is 0 Å². The first kappa shape index (κ1) is 16.3. The van der Waals surface area contributed by atoms with Crippen LogP contribution in [-0.2, 0) is 9.47 Å². The number of esters is 1. The van der Waals surface area contributed by atoms with E-state index in [0.717, 1.165) is 10.1 Å². The molecule has 0 saturated carbocycles. The van der Waals surface area contributed by atoms with Crippen LogP contribution in [0, 0.1) is 0 Å². The van der Waals surface area contributed by atoms with Crippen LogP contribution in [0.3, 0.4) is 0 Å². The van der Waals surface area contributed by atoms with Crippen LogP contribution in [0.4, 0.5) is 10.5 Å². The summed E-state index contributed by atoms with van der Waals surface area (Å²) in [6, 6.07) is 6.96. The molecule has 1 aromatic carbocycles. The minimum Gasteiger partial charge on any atom is -0.462 e. The lowest BCUT2D eigenvalue weighted by Crippen LogP contribution is -2.31. The molecule has 0 aliphatic carbocycles. The topological polar surface area (TPSA) is 76.7 Å². The maximum atomic E-state index is 11.7. The summed E-state index contributed by atoms with van der Waals surface area (Å²) in [5, 5.41) is 6.30. The molecule has 2 rings (SSSR count). The lowest BCUT2D eigenvalue weighted by molar-refractivity contribution is 0.0532. The number of carbonyl (C=O) groups is 2. The molecule has 0 fully saturated rings. The molecule has 1 heterocycles. The highest BCUT2D eigenvalue weighted by Crippen LogP contribution is 2.28. The van der Waals surface area contributed by atoms with Gasteiger partial charge in [0.25, 0.3) is 0 Å². The molecular weight excluding hydrogens is 304 g/mol. The number of nitrogens with one attached hydrogen (secondary N) is 2. The van der Waals surface area contributed by atoms with Gasteiger partial charge in [-0.05, 0) is 36.6 Å². The van der Waals surface area contributed by atoms with E-state index < -0.39 is 0 Å². The van der Waals surface area contributed by atoms with Gasteiger partial charge >= 0.3 is 12.0 Å². The zero-order chi connectivity index (χ0) is 15.9. The predicted octanol–water partition coefficient (Wildman–Crippen LogP) is 2.85. The van der Waals surface area contributed by atoms with E-state index >= 15 is 0 Å². The third kappa shape index (κ3) is 4.19. The Labute approximate surface area is 132 Å². The molecule has 0 radical (unpaired) electrons. The number of thiophene rings is 1. The maximum absolute atomic E-state index is 11.7. The Morgan fingerprint density at radius 1 is 1.27 bits per heavy atom. The summed E-state index contributed by atoms with van der Waals surface area (Å²) in [5.74, 6) is -0.324. The molecule has 22 heavy (non-hydrogen) atoms. The Morgan fingerprint density at radius 3 is 2.82 bits per heavy atom. The second-order valence-corrected chi connectivity index (χ2v) is 5.54. The molecule has 0 saturated heterocycles. The van der Waals surface area contributed by atoms with E-state index in [2.05, 4.69) is 10.6 Å². The van der Waals surface area contributed by atoms with Crippen LogP contribution in [0.5, 0.6) is 0 Å². The van der Waals surface area contributed by atoms with Crippen molar-refractivity contribution in [3.8, 4) is 0 Å². The summed E-state index contributed by atoms with van der Waals surface area (Å²) in [7, 11) is 1.57. The van der Waals surface area contributed by atoms with E-state index in [1.165, 1.54) is 11.3 Å². The number of methoxy groups -OCH3 is 1. The normalized spacial score (nSPS) is 10.5. The van der Waals surface area contributed by atoms with Crippen molar-refractivity contribution in [1.29, 1.82) is 0 Å². The number of hydrogen-bond acceptors (Lipinski definition) is 5. The van der Waals surface area contributed by atoms with Crippen molar-refractivity contribution >= 4 is 39.1 Å². The monoisotopic (exact) mass is 322 g/mol. The Morgan fingerprint density at radius 2 is 2.09 bits per heavy atom. The first-order chi connectivity index (χ1) is 10.6. The van der Waals surface area contributed by atoms with E-state index in [9.17, 15) is 9.59 Å². The van der Waals surface area contributed by atoms with Crippen molar-refractivity contribution in [3.05, 3.63) is 29.1 Å². The van der Waals surface area contributed by atoms with Crippen molar-refractivity contribution < 1.29 is 19.1 Å². The minimum atomic E-state index is -0.324. The SMILES string of the molecule is CCOC(=O)c1cc2cc(NC(=O)NCCOC)ccc2s1. The molecule has 7 heteroatoms. The summed E-state index contributed by atoms with van der Waals surface area (Å²) in [6.07, 6.45) is 0. The van der Waals surface area contributed by atoms with Crippen molar-refractivity contribution in [2.45, 2.75) is 6.92 Å². The lowest BCUT2D eigenvalue weighted by Gasteiger charge is -2.07. The molecule has 0 unspecified atom stereocenters. The molecule has 2 aromatic rings. The first-order valence-electron chi connectivity index (χ1n) is 6.88. The number of ether oxygens (including phenoxy) is 2. The van der Waals surface area contributed by atoms with E-state index in [-0.39, 0.29) is 12.0 Å². The van der Waals surface area contributed by atoms with Gasteiger partial charge in [-0.15, -0.1) is 11.3 Å². The van der Waals surface area contributed by atoms with E-state index in [4.69, 9.17) is 9.47 Å². The number of anilines is 1. The molecule has 1 aromatic heterocycles. The van der Waals surface area contributed by atoms with Crippen molar-refractivity contribution in [2.24, 2.45) is 0 Å². The maximum Gasteiger partial charge on any atom is 0.348 e. The van der Waals surface area contributed by atoms with Crippen LogP contribution in [0.2, 0.25) is 0 Å². The zero-order valence-corrected chi connectivity index (χ0v) is 13.3. The molecule has 6 nitrogen and oxygen atoms in total. The van der Waals surface area contributed by atoms with Crippen LogP contribution in [0.15, 0.2) is 24.3 Å². The summed E-state index contributed by atoms with van der Waals surface area (Å²) in [4.78, 5) is 23.9. The number of urea groups is 1. The molecule has 0 bridgehead atoms. The van der Waals surface area contributed by atoms with Crippen LogP contribution >= 0.6 is 11.3 Å². The second kappa shape index (κ2) is 7.77. The number of fused-ring (bicyclic) bond motifs is 1. The van der Waals surface area contributed by atoms with E-state index in [0.29, 0.717) is 30.3 Å². The second-order valence-electron chi connectivity index (χ2n) is 4.46. The zero-order valence-electron chi connectivity index (χ0n) is 12.5. The fourth-order valence-electron chi connectivity index (χ4n) is 1.87. The summed E-state index contributed by atoms with van der Waals surface area (Å²) in [6.45, 7) is 3.02. The average Bonchev–Trinajstić information content (AvgIpc) is 2.91. The van der Waals surface area contributed by atoms with Crippen molar-refractivity contribution in [2.75, 3.05) is 32.2 Å². The number of amides is 2. The fraction of sp³-hybridized carbons (Fsp3) is 0.333. The molecule has 2 amide bonds. The van der Waals surface area contributed by atoms with E-state index in [1.54, 1.807) is 26.2 Å². The highest BCUT2D eigenvalue weighted by Gasteiger charge is 2.11. The Bertz CT molecular complexity index is 669. The lowest BCUT2D eigenvalue weighted by atomic mass is 10.2. The third-order valence-corrected chi connectivity index (χ3v) is 3.94. The van der Waals surface area contributed by atoms with Gasteiger partial charge in [-0.2, -0.15) is 0 Å². The smallest absolute Gasteiger partial charge is 0.348 e. The Hall–Kier alpha value is -2.12. The van der Waals surface area contributed by atoms with Gasteiger partial charge in [0.1, 0.15) is 4.88 Å². The molecule has 0 aliphatic heterocycles. The highest BCUT2D eigenvalue weighted by molar-refractivity contribution is 7.20. The largest absolute Gasteiger partial charge is 0.462 e. The predicted molar refractivity (Wildman–Crippen MR) is 86.7 cm³/mol. The molecule has 0 atom stereocenters. The summed E-state index contributed by atoms with van der Waals surface area (Å²) < 4.78 is 10.8. The number of carbonyl (C=O) groups excluding carboxylic acids is 2. The third-order valence-electron chi connectivity index (χ3n) is 2.84. The Kier molecular flexibility index (Phi) is 5.74. The summed E-state index contributed by atoms with van der Waals surface area (Å²) >= 11 is 1.37. The molecular formula is C15H18N2O4S. The van der Waals surface area contributed by atoms with Gasteiger partial charge in [-0.25, -0.2) is 9.59 Å². The quantitative estimate of drug-likeness (QED) is 0.633. The van der Waals surface area contributed by atoms with Gasteiger partial charge in [-0.3, -0.25) is 0 Å². The number of benzene rings is 1. The standard InChI is InChI=1S/C15H18N2O4S/c1-3-21-14(18)13-9-10-8-11(4-5-12(10)22-13)17-15(19)16-6-7-20-2/h4-5,8-9H,3,6-7H2,1-2H3,(H2,16,17,19). The van der Waals surface area contributed by atoms with Gasteiger partial charge in [0.05, 0.1) is 13.2 Å². The molecule has 0 spiro atoms.